The van der Waals surface area contributed by atoms with E-state index >= 15 is 0 Å². The van der Waals surface area contributed by atoms with Gasteiger partial charge >= 0.3 is 0 Å². The summed E-state index contributed by atoms with van der Waals surface area (Å²) in [4.78, 5) is 12.1. The smallest absolute Gasteiger partial charge is 0.191 e. The number of carbonyl (C=O) groups excluding carboxylic acids is 1. The summed E-state index contributed by atoms with van der Waals surface area (Å²) in [6.07, 6.45) is 2.41. The van der Waals surface area contributed by atoms with Crippen molar-refractivity contribution in [2.75, 3.05) is 5.75 Å². The zero-order valence-corrected chi connectivity index (χ0v) is 12.5. The predicted octanol–water partition coefficient (Wildman–Crippen LogP) is 2.98. The minimum Gasteiger partial charge on any atom is -0.309 e. The van der Waals surface area contributed by atoms with Gasteiger partial charge in [0.1, 0.15) is 5.82 Å². The normalized spacial score (nSPS) is 14.5. The fraction of sp³-hybridized carbons (Fsp3) is 0.400. The summed E-state index contributed by atoms with van der Waals surface area (Å²) >= 11 is 1.46. The highest BCUT2D eigenvalue weighted by Gasteiger charge is 2.29. The largest absolute Gasteiger partial charge is 0.309 e. The van der Waals surface area contributed by atoms with Crippen LogP contribution in [0.5, 0.6) is 0 Å². The summed E-state index contributed by atoms with van der Waals surface area (Å²) in [7, 11) is 1.98. The van der Waals surface area contributed by atoms with Crippen LogP contribution in [0.3, 0.4) is 0 Å². The molecule has 1 aliphatic carbocycles. The van der Waals surface area contributed by atoms with E-state index in [1.807, 2.05) is 42.8 Å². The van der Waals surface area contributed by atoms with Crippen molar-refractivity contribution in [3.8, 4) is 0 Å². The molecule has 104 valence electrons. The van der Waals surface area contributed by atoms with Crippen molar-refractivity contribution >= 4 is 17.5 Å². The molecule has 1 aliphatic rings. The predicted molar refractivity (Wildman–Crippen MR) is 79.2 cm³/mol. The molecule has 0 aliphatic heterocycles. The van der Waals surface area contributed by atoms with E-state index in [2.05, 4.69) is 10.2 Å². The van der Waals surface area contributed by atoms with E-state index in [-0.39, 0.29) is 5.78 Å². The highest BCUT2D eigenvalue weighted by molar-refractivity contribution is 7.99. The van der Waals surface area contributed by atoms with Crippen molar-refractivity contribution in [3.05, 3.63) is 41.2 Å². The molecule has 0 N–H and O–H groups in total. The van der Waals surface area contributed by atoms with E-state index in [1.54, 1.807) is 0 Å². The van der Waals surface area contributed by atoms with E-state index in [0.717, 1.165) is 22.1 Å². The maximum Gasteiger partial charge on any atom is 0.191 e. The fourth-order valence-corrected chi connectivity index (χ4v) is 2.91. The van der Waals surface area contributed by atoms with Crippen molar-refractivity contribution in [2.24, 2.45) is 7.05 Å². The van der Waals surface area contributed by atoms with Gasteiger partial charge in [0.2, 0.25) is 0 Å². The molecule has 3 rings (SSSR count). The van der Waals surface area contributed by atoms with Crippen molar-refractivity contribution in [1.29, 1.82) is 0 Å². The Morgan fingerprint density at radius 2 is 2.00 bits per heavy atom. The van der Waals surface area contributed by atoms with E-state index in [9.17, 15) is 4.79 Å². The average molecular weight is 287 g/mol. The molecule has 1 aromatic heterocycles. The molecular formula is C15H17N3OS. The molecule has 0 amide bonds. The lowest BCUT2D eigenvalue weighted by atomic mass is 10.1. The fourth-order valence-electron chi connectivity index (χ4n) is 2.10. The Morgan fingerprint density at radius 3 is 2.65 bits per heavy atom. The highest BCUT2D eigenvalue weighted by atomic mass is 32.2. The highest BCUT2D eigenvalue weighted by Crippen LogP contribution is 2.39. The van der Waals surface area contributed by atoms with E-state index < -0.39 is 0 Å². The van der Waals surface area contributed by atoms with Crippen LogP contribution in [0, 0.1) is 6.92 Å². The molecule has 1 fully saturated rings. The number of Topliss-reactive ketones (excluding diaryl/α,β-unsaturated/α-hetero) is 1. The van der Waals surface area contributed by atoms with Crippen LogP contribution < -0.4 is 0 Å². The number of thioether (sulfide) groups is 1. The van der Waals surface area contributed by atoms with Gasteiger partial charge in [-0.1, -0.05) is 41.6 Å². The third kappa shape index (κ3) is 2.77. The van der Waals surface area contributed by atoms with Crippen LogP contribution in [0.25, 0.3) is 0 Å². The van der Waals surface area contributed by atoms with Gasteiger partial charge in [-0.05, 0) is 19.8 Å². The van der Waals surface area contributed by atoms with Gasteiger partial charge < -0.3 is 4.57 Å². The van der Waals surface area contributed by atoms with Crippen LogP contribution in [0.2, 0.25) is 0 Å². The Balaban J connectivity index is 1.64. The summed E-state index contributed by atoms with van der Waals surface area (Å²) in [6.45, 7) is 2.02. The van der Waals surface area contributed by atoms with Gasteiger partial charge in [0.15, 0.2) is 10.9 Å². The van der Waals surface area contributed by atoms with Crippen molar-refractivity contribution < 1.29 is 4.79 Å². The summed E-state index contributed by atoms with van der Waals surface area (Å²) in [5, 5.41) is 9.23. The first-order valence-corrected chi connectivity index (χ1v) is 7.75. The SMILES string of the molecule is Cc1ccc(C(=O)CSc2nnc(C3CC3)n2C)cc1. The number of carbonyl (C=O) groups is 1. The second kappa shape index (κ2) is 5.40. The number of hydrogen-bond acceptors (Lipinski definition) is 4. The second-order valence-electron chi connectivity index (χ2n) is 5.25. The first-order valence-electron chi connectivity index (χ1n) is 6.77. The summed E-state index contributed by atoms with van der Waals surface area (Å²) in [5.41, 5.74) is 1.92. The number of ketones is 1. The van der Waals surface area contributed by atoms with Crippen LogP contribution in [-0.4, -0.2) is 26.3 Å². The lowest BCUT2D eigenvalue weighted by Gasteiger charge is -2.03. The molecule has 20 heavy (non-hydrogen) atoms. The first kappa shape index (κ1) is 13.4. The van der Waals surface area contributed by atoms with Crippen LogP contribution in [0.15, 0.2) is 29.4 Å². The first-order chi connectivity index (χ1) is 9.65. The zero-order valence-electron chi connectivity index (χ0n) is 11.7. The van der Waals surface area contributed by atoms with Crippen LogP contribution in [0.1, 0.15) is 40.5 Å². The lowest BCUT2D eigenvalue weighted by molar-refractivity contribution is 0.102. The van der Waals surface area contributed by atoms with Crippen molar-refractivity contribution in [3.63, 3.8) is 0 Å². The number of rotatable bonds is 5. The third-order valence-corrected chi connectivity index (χ3v) is 4.54. The lowest BCUT2D eigenvalue weighted by Crippen LogP contribution is -2.04. The monoisotopic (exact) mass is 287 g/mol. The summed E-state index contributed by atoms with van der Waals surface area (Å²) in [6, 6.07) is 7.69. The summed E-state index contributed by atoms with van der Waals surface area (Å²) in [5.74, 6) is 2.16. The molecular weight excluding hydrogens is 270 g/mol. The Morgan fingerprint density at radius 1 is 1.30 bits per heavy atom. The van der Waals surface area contributed by atoms with Gasteiger partial charge in [0.05, 0.1) is 5.75 Å². The zero-order chi connectivity index (χ0) is 14.1. The van der Waals surface area contributed by atoms with Crippen molar-refractivity contribution in [2.45, 2.75) is 30.8 Å². The Bertz CT molecular complexity index is 629. The molecule has 0 radical (unpaired) electrons. The maximum atomic E-state index is 12.1. The third-order valence-electron chi connectivity index (χ3n) is 3.52. The molecule has 4 nitrogen and oxygen atoms in total. The second-order valence-corrected chi connectivity index (χ2v) is 6.19. The number of hydrogen-bond donors (Lipinski definition) is 0. The molecule has 0 unspecified atom stereocenters. The number of aryl methyl sites for hydroxylation is 1. The van der Waals surface area contributed by atoms with E-state index in [1.165, 1.54) is 24.6 Å². The number of aromatic nitrogens is 3. The van der Waals surface area contributed by atoms with E-state index in [4.69, 9.17) is 0 Å². The minimum atomic E-state index is 0.131. The molecule has 2 aromatic rings. The topological polar surface area (TPSA) is 47.8 Å². The molecule has 0 bridgehead atoms. The average Bonchev–Trinajstić information content (AvgIpc) is 3.22. The van der Waals surface area contributed by atoms with Gasteiger partial charge in [-0.15, -0.1) is 10.2 Å². The maximum absolute atomic E-state index is 12.1. The van der Waals surface area contributed by atoms with Crippen LogP contribution in [-0.2, 0) is 7.05 Å². The molecule has 1 saturated carbocycles. The molecule has 0 saturated heterocycles. The molecule has 1 heterocycles. The van der Waals surface area contributed by atoms with Crippen molar-refractivity contribution in [1.82, 2.24) is 14.8 Å². The van der Waals surface area contributed by atoms with Crippen LogP contribution >= 0.6 is 11.8 Å². The van der Waals surface area contributed by atoms with Gasteiger partial charge in [0, 0.05) is 18.5 Å². The van der Waals surface area contributed by atoms with Gasteiger partial charge in [-0.3, -0.25) is 4.79 Å². The number of benzene rings is 1. The number of nitrogens with zero attached hydrogens (tertiary/aromatic N) is 3. The van der Waals surface area contributed by atoms with Gasteiger partial charge in [-0.2, -0.15) is 0 Å². The van der Waals surface area contributed by atoms with Crippen LogP contribution in [0.4, 0.5) is 0 Å². The molecule has 0 spiro atoms. The quantitative estimate of drug-likeness (QED) is 0.626. The standard InChI is InChI=1S/C15H17N3OS/c1-10-3-5-11(6-4-10)13(19)9-20-15-17-16-14(18(15)2)12-7-8-12/h3-6,12H,7-9H2,1-2H3. The van der Waals surface area contributed by atoms with Gasteiger partial charge in [-0.25, -0.2) is 0 Å². The summed E-state index contributed by atoms with van der Waals surface area (Å²) < 4.78 is 2.02. The Kier molecular flexibility index (Phi) is 3.61. The Labute approximate surface area is 122 Å². The molecule has 5 heteroatoms. The molecule has 0 atom stereocenters. The van der Waals surface area contributed by atoms with Gasteiger partial charge in [0.25, 0.3) is 0 Å². The minimum absolute atomic E-state index is 0.131. The molecule has 1 aromatic carbocycles. The Hall–Kier alpha value is -1.62. The van der Waals surface area contributed by atoms with E-state index in [0.29, 0.717) is 11.7 Å².